The van der Waals surface area contributed by atoms with Gasteiger partial charge in [-0.2, -0.15) is 0 Å². The third-order valence-corrected chi connectivity index (χ3v) is 13.2. The van der Waals surface area contributed by atoms with Crippen molar-refractivity contribution in [3.8, 4) is 34.5 Å². The number of Topliss-reactive ketones (excluding diaryl/α,β-unsaturated/α-hetero) is 1. The Hall–Kier alpha value is -3.99. The summed E-state index contributed by atoms with van der Waals surface area (Å²) in [4.78, 5) is 17.7. The van der Waals surface area contributed by atoms with Crippen LogP contribution in [0.1, 0.15) is 71.5 Å². The molecule has 1 spiro atoms. The number of phenolic OH excluding ortho intramolecular Hbond substituents is 1. The summed E-state index contributed by atoms with van der Waals surface area (Å²) in [5.41, 5.74) is 5.72. The number of piperidine rings is 1. The Bertz CT molecular complexity index is 1910. The van der Waals surface area contributed by atoms with Crippen molar-refractivity contribution in [1.82, 2.24) is 9.80 Å². The number of rotatable bonds is 6. The van der Waals surface area contributed by atoms with Gasteiger partial charge in [-0.25, -0.2) is 0 Å². The maximum Gasteiger partial charge on any atom is 0.174 e. The van der Waals surface area contributed by atoms with Gasteiger partial charge in [-0.3, -0.25) is 14.6 Å². The molecule has 3 aromatic carbocycles. The van der Waals surface area contributed by atoms with Gasteiger partial charge in [-0.15, -0.1) is 0 Å². The van der Waals surface area contributed by atoms with E-state index in [0.29, 0.717) is 24.6 Å². The monoisotopic (exact) mass is 696 g/mol. The van der Waals surface area contributed by atoms with E-state index < -0.39 is 17.1 Å². The molecule has 0 aromatic heterocycles. The summed E-state index contributed by atoms with van der Waals surface area (Å²) in [6.07, 6.45) is 6.29. The molecule has 1 saturated heterocycles. The van der Waals surface area contributed by atoms with Gasteiger partial charge in [0.05, 0.1) is 39.5 Å². The highest BCUT2D eigenvalue weighted by atomic mass is 16.5. The normalized spacial score (nSPS) is 29.7. The summed E-state index contributed by atoms with van der Waals surface area (Å²) in [6.45, 7) is 3.84. The molecule has 2 saturated carbocycles. The zero-order chi connectivity index (χ0) is 35.2. The van der Waals surface area contributed by atoms with Crippen LogP contribution in [0.3, 0.4) is 0 Å². The van der Waals surface area contributed by atoms with Crippen molar-refractivity contribution in [3.63, 3.8) is 0 Å². The summed E-state index contributed by atoms with van der Waals surface area (Å²) in [6, 6.07) is 12.5. The molecule has 3 fully saturated rings. The first-order valence-corrected chi connectivity index (χ1v) is 18.5. The second-order valence-corrected chi connectivity index (χ2v) is 15.5. The molecular formula is C41H48N2O8. The molecule has 2 N–H and O–H groups in total. The van der Waals surface area contributed by atoms with Crippen LogP contribution in [0.4, 0.5) is 0 Å². The first-order valence-electron chi connectivity index (χ1n) is 18.5. The predicted octanol–water partition coefficient (Wildman–Crippen LogP) is 4.90. The lowest BCUT2D eigenvalue weighted by Crippen LogP contribution is -2.76. The fraction of sp³-hybridized carbons (Fsp3) is 0.537. The maximum atomic E-state index is 12.7. The molecule has 51 heavy (non-hydrogen) atoms. The average Bonchev–Trinajstić information content (AvgIpc) is 3.90. The van der Waals surface area contributed by atoms with Crippen LogP contribution in [0.5, 0.6) is 34.5 Å². The van der Waals surface area contributed by atoms with Crippen molar-refractivity contribution in [2.45, 2.75) is 87.1 Å². The summed E-state index contributed by atoms with van der Waals surface area (Å²) >= 11 is 0. The van der Waals surface area contributed by atoms with Crippen molar-refractivity contribution >= 4 is 5.78 Å². The van der Waals surface area contributed by atoms with E-state index in [4.69, 9.17) is 23.7 Å². The van der Waals surface area contributed by atoms with Crippen molar-refractivity contribution in [1.29, 1.82) is 0 Å². The molecule has 10 nitrogen and oxygen atoms in total. The third kappa shape index (κ3) is 4.75. The summed E-state index contributed by atoms with van der Waals surface area (Å²) < 4.78 is 28.2. The largest absolute Gasteiger partial charge is 0.504 e. The first kappa shape index (κ1) is 32.9. The van der Waals surface area contributed by atoms with E-state index in [2.05, 4.69) is 28.0 Å². The van der Waals surface area contributed by atoms with Gasteiger partial charge in [-0.05, 0) is 104 Å². The van der Waals surface area contributed by atoms with Crippen LogP contribution >= 0.6 is 0 Å². The summed E-state index contributed by atoms with van der Waals surface area (Å²) in [7, 11) is 6.79. The number of aliphatic hydroxyl groups is 1. The van der Waals surface area contributed by atoms with E-state index in [0.717, 1.165) is 91.9 Å². The molecule has 5 atom stereocenters. The fourth-order valence-corrected chi connectivity index (χ4v) is 10.6. The topological polar surface area (TPSA) is 110 Å². The van der Waals surface area contributed by atoms with E-state index in [1.165, 1.54) is 35.1 Å². The van der Waals surface area contributed by atoms with Crippen LogP contribution in [0, 0.1) is 5.92 Å². The van der Waals surface area contributed by atoms with Crippen LogP contribution in [-0.2, 0) is 36.0 Å². The number of hydrogen-bond acceptors (Lipinski definition) is 10. The molecule has 4 heterocycles. The van der Waals surface area contributed by atoms with Gasteiger partial charge in [0.1, 0.15) is 0 Å². The average molecular weight is 697 g/mol. The number of fused-ring (bicyclic) bond motifs is 4. The van der Waals surface area contributed by atoms with Crippen LogP contribution < -0.4 is 23.7 Å². The number of ketones is 1. The highest BCUT2D eigenvalue weighted by molar-refractivity contribution is 5.90. The number of aromatic hydroxyl groups is 1. The minimum absolute atomic E-state index is 0.0454. The number of nitrogens with zero attached hydrogens (tertiary/aromatic N) is 2. The SMILES string of the molecule is COc1cc2c(cc1OC)[C@@H]1Cc3ccc(OC)c(OC)c3CN1CC2.O=C1CC[C@@]2(O)[C@H]3Cc4ccc(O)c5c4[C@@]2(CCN3CC2CC2)[C@H]1O5. The van der Waals surface area contributed by atoms with Gasteiger partial charge in [0.25, 0.3) is 0 Å². The lowest BCUT2D eigenvalue weighted by atomic mass is 9.49. The molecule has 0 unspecified atom stereocenters. The number of phenols is 1. The maximum absolute atomic E-state index is 12.7. The molecule has 4 aliphatic heterocycles. The second kappa shape index (κ2) is 12.0. The van der Waals surface area contributed by atoms with Crippen molar-refractivity contribution in [2.24, 2.45) is 5.92 Å². The number of carbonyl (C=O) groups is 1. The third-order valence-electron chi connectivity index (χ3n) is 13.2. The number of methoxy groups -OCH3 is 4. The van der Waals surface area contributed by atoms with Crippen molar-refractivity contribution in [3.05, 3.63) is 69.8 Å². The standard InChI is InChI=1S/C21H25NO4.C20H23NO4/c1-23-18-6-5-13-9-17-15-11-20(25-3)19(24-2)10-14(15)7-8-22(17)12-16(13)21(18)26-4;22-13-4-3-12-9-15-20(24)6-5-14(23)18-19(20,16(12)17(13)25-18)7-8-21(15)10-11-1-2-11/h5-6,10-11,17H,7-9,12H2,1-4H3;3-4,11,15,18,22,24H,1-2,5-10H2/t17-;15-,18+,19+,20-/m01/s1. The lowest BCUT2D eigenvalue weighted by molar-refractivity contribution is -0.188. The minimum atomic E-state index is -0.940. The quantitative estimate of drug-likeness (QED) is 0.370. The molecule has 0 radical (unpaired) electrons. The van der Waals surface area contributed by atoms with E-state index in [9.17, 15) is 15.0 Å². The lowest BCUT2D eigenvalue weighted by Gasteiger charge is -2.62. The van der Waals surface area contributed by atoms with Gasteiger partial charge in [0.15, 0.2) is 46.4 Å². The Morgan fingerprint density at radius 3 is 2.37 bits per heavy atom. The van der Waals surface area contributed by atoms with Gasteiger partial charge in [0.2, 0.25) is 0 Å². The van der Waals surface area contributed by atoms with E-state index in [-0.39, 0.29) is 17.6 Å². The Labute approximate surface area is 299 Å². The first-order chi connectivity index (χ1) is 24.7. The summed E-state index contributed by atoms with van der Waals surface area (Å²) in [5.74, 6) is 4.66. The number of likely N-dealkylation sites (tertiary alicyclic amines) is 1. The number of hydrogen-bond donors (Lipinski definition) is 2. The van der Waals surface area contributed by atoms with E-state index >= 15 is 0 Å². The predicted molar refractivity (Wildman–Crippen MR) is 189 cm³/mol. The van der Waals surface area contributed by atoms with E-state index in [1.54, 1.807) is 34.5 Å². The molecule has 2 bridgehead atoms. The van der Waals surface area contributed by atoms with Crippen LogP contribution in [-0.4, -0.2) is 91.6 Å². The zero-order valence-electron chi connectivity index (χ0n) is 30.0. The molecular weight excluding hydrogens is 648 g/mol. The number of carbonyl (C=O) groups excluding carboxylic acids is 1. The minimum Gasteiger partial charge on any atom is -0.504 e. The Balaban J connectivity index is 0.000000137. The van der Waals surface area contributed by atoms with Gasteiger partial charge in [-0.1, -0.05) is 12.1 Å². The van der Waals surface area contributed by atoms with E-state index in [1.807, 2.05) is 12.1 Å². The van der Waals surface area contributed by atoms with Gasteiger partial charge in [0, 0.05) is 49.3 Å². The Morgan fingerprint density at radius 2 is 1.63 bits per heavy atom. The Kier molecular flexibility index (Phi) is 7.76. The van der Waals surface area contributed by atoms with Gasteiger partial charge < -0.3 is 33.9 Å². The zero-order valence-corrected chi connectivity index (χ0v) is 30.0. The molecule has 3 aromatic rings. The van der Waals surface area contributed by atoms with Gasteiger partial charge >= 0.3 is 0 Å². The fourth-order valence-electron chi connectivity index (χ4n) is 10.6. The van der Waals surface area contributed by atoms with Crippen LogP contribution in [0.25, 0.3) is 0 Å². The molecule has 10 heteroatoms. The molecule has 10 rings (SSSR count). The number of ether oxygens (including phenoxy) is 5. The smallest absolute Gasteiger partial charge is 0.174 e. The highest BCUT2D eigenvalue weighted by Crippen LogP contribution is 2.65. The van der Waals surface area contributed by atoms with Crippen LogP contribution in [0.2, 0.25) is 0 Å². The molecule has 3 aliphatic carbocycles. The number of benzene rings is 3. The van der Waals surface area contributed by atoms with Crippen LogP contribution in [0.15, 0.2) is 36.4 Å². The highest BCUT2D eigenvalue weighted by Gasteiger charge is 2.73. The second-order valence-electron chi connectivity index (χ2n) is 15.5. The molecule has 0 amide bonds. The molecule has 7 aliphatic rings. The van der Waals surface area contributed by atoms with Crippen molar-refractivity contribution < 1.29 is 38.7 Å². The Morgan fingerprint density at radius 1 is 0.863 bits per heavy atom. The van der Waals surface area contributed by atoms with Crippen molar-refractivity contribution in [2.75, 3.05) is 48.1 Å². The summed E-state index contributed by atoms with van der Waals surface area (Å²) in [5, 5.41) is 22.3. The molecule has 270 valence electrons.